The van der Waals surface area contributed by atoms with Gasteiger partial charge in [-0.2, -0.15) is 0 Å². The predicted molar refractivity (Wildman–Crippen MR) is 147 cm³/mol. The Hall–Kier alpha value is -2.71. The molecule has 0 saturated carbocycles. The molecule has 2 aromatic carbocycles. The first-order valence-corrected chi connectivity index (χ1v) is 13.9. The Labute approximate surface area is 226 Å². The number of thiazole rings is 1. The molecule has 2 aliphatic rings. The maximum Gasteiger partial charge on any atom is 0.306 e. The minimum atomic E-state index is -0.724. The Balaban J connectivity index is 1.28. The van der Waals surface area contributed by atoms with Gasteiger partial charge < -0.3 is 14.6 Å². The van der Waals surface area contributed by atoms with Gasteiger partial charge in [-0.1, -0.05) is 35.9 Å². The highest BCUT2D eigenvalue weighted by Gasteiger charge is 2.23. The Morgan fingerprint density at radius 2 is 2.08 bits per heavy atom. The van der Waals surface area contributed by atoms with Gasteiger partial charge in [0.25, 0.3) is 0 Å². The highest BCUT2D eigenvalue weighted by atomic mass is 35.5. The number of allylic oxidation sites excluding steroid dienone is 2. The highest BCUT2D eigenvalue weighted by molar-refractivity contribution is 7.11. The summed E-state index contributed by atoms with van der Waals surface area (Å²) >= 11 is 7.92. The van der Waals surface area contributed by atoms with E-state index in [1.807, 2.05) is 29.7 Å². The third-order valence-electron chi connectivity index (χ3n) is 7.06. The van der Waals surface area contributed by atoms with E-state index in [1.165, 1.54) is 11.1 Å². The molecular weight excluding hydrogens is 508 g/mol. The molecule has 8 heteroatoms. The molecule has 1 saturated heterocycles. The molecule has 194 valence electrons. The Kier molecular flexibility index (Phi) is 8.25. The fraction of sp³-hybridized carbons (Fsp3) is 0.379. The molecule has 1 N–H and O–H groups in total. The zero-order chi connectivity index (χ0) is 25.8. The first-order chi connectivity index (χ1) is 18.0. The van der Waals surface area contributed by atoms with E-state index >= 15 is 0 Å². The number of hydrogen-bond acceptors (Lipinski definition) is 6. The summed E-state index contributed by atoms with van der Waals surface area (Å²) in [6.45, 7) is 7.08. The Morgan fingerprint density at radius 3 is 2.81 bits per heavy atom. The second-order valence-electron chi connectivity index (χ2n) is 9.66. The minimum absolute atomic E-state index is 0.298. The molecule has 0 radical (unpaired) electrons. The van der Waals surface area contributed by atoms with E-state index in [1.54, 1.807) is 11.3 Å². The standard InChI is InChI=1S/C29H31ClN2O4S/c1-19-14-20(16-32-10-12-35-13-11-32)2-3-23(19)17-36-27-9-8-24(30)15-25(27)26-18-37-28(31-26)21-4-6-22(7-5-21)29(33)34/h2-4,8-9,14-15,18,22H,5-7,10-13,16-17H2,1H3,(H,33,34). The van der Waals surface area contributed by atoms with Gasteiger partial charge in [-0.15, -0.1) is 11.3 Å². The monoisotopic (exact) mass is 538 g/mol. The van der Waals surface area contributed by atoms with Gasteiger partial charge in [0.05, 0.1) is 24.8 Å². The number of carbonyl (C=O) groups is 1. The SMILES string of the molecule is Cc1cc(CN2CCOCC2)ccc1COc1ccc(Cl)cc1-c1csc(C2=CCC(C(=O)O)CC2)n1. The highest BCUT2D eigenvalue weighted by Crippen LogP contribution is 2.37. The second kappa shape index (κ2) is 11.8. The van der Waals surface area contributed by atoms with Gasteiger partial charge in [0.15, 0.2) is 0 Å². The molecule has 0 spiro atoms. The molecule has 1 aliphatic carbocycles. The van der Waals surface area contributed by atoms with Crippen molar-refractivity contribution in [2.75, 3.05) is 26.3 Å². The lowest BCUT2D eigenvalue weighted by Gasteiger charge is -2.26. The molecule has 1 atom stereocenters. The third-order valence-corrected chi connectivity index (χ3v) is 8.21. The molecule has 1 unspecified atom stereocenters. The topological polar surface area (TPSA) is 71.9 Å². The van der Waals surface area contributed by atoms with Crippen LogP contribution in [0.5, 0.6) is 5.75 Å². The lowest BCUT2D eigenvalue weighted by atomic mass is 9.90. The molecule has 2 heterocycles. The molecule has 0 bridgehead atoms. The average molecular weight is 539 g/mol. The van der Waals surface area contributed by atoms with Crippen molar-refractivity contribution in [2.24, 2.45) is 5.92 Å². The van der Waals surface area contributed by atoms with Crippen LogP contribution in [0, 0.1) is 12.8 Å². The van der Waals surface area contributed by atoms with E-state index in [-0.39, 0.29) is 5.92 Å². The maximum absolute atomic E-state index is 11.3. The van der Waals surface area contributed by atoms with Crippen LogP contribution in [0.25, 0.3) is 16.8 Å². The van der Waals surface area contributed by atoms with Crippen molar-refractivity contribution in [3.63, 3.8) is 0 Å². The van der Waals surface area contributed by atoms with Crippen LogP contribution < -0.4 is 4.74 Å². The van der Waals surface area contributed by atoms with Crippen molar-refractivity contribution in [3.05, 3.63) is 74.6 Å². The quantitative estimate of drug-likeness (QED) is 0.355. The summed E-state index contributed by atoms with van der Waals surface area (Å²) in [5.41, 5.74) is 6.45. The van der Waals surface area contributed by atoms with Crippen LogP contribution in [-0.4, -0.2) is 47.3 Å². The van der Waals surface area contributed by atoms with Crippen LogP contribution in [-0.2, 0) is 22.7 Å². The van der Waals surface area contributed by atoms with E-state index in [9.17, 15) is 9.90 Å². The number of aliphatic carboxylic acids is 1. The van der Waals surface area contributed by atoms with E-state index in [0.717, 1.165) is 72.4 Å². The summed E-state index contributed by atoms with van der Waals surface area (Å²) in [5.74, 6) is -0.285. The van der Waals surface area contributed by atoms with Crippen LogP contribution in [0.4, 0.5) is 0 Å². The molecular formula is C29H31ClN2O4S. The van der Waals surface area contributed by atoms with Crippen molar-refractivity contribution >= 4 is 34.5 Å². The van der Waals surface area contributed by atoms with Gasteiger partial charge >= 0.3 is 5.97 Å². The van der Waals surface area contributed by atoms with Gasteiger partial charge in [-0.05, 0) is 66.6 Å². The van der Waals surface area contributed by atoms with Gasteiger partial charge in [-0.3, -0.25) is 9.69 Å². The summed E-state index contributed by atoms with van der Waals surface area (Å²) in [4.78, 5) is 18.6. The Bertz CT molecular complexity index is 1300. The molecule has 1 aromatic heterocycles. The zero-order valence-corrected chi connectivity index (χ0v) is 22.5. The lowest BCUT2D eigenvalue weighted by molar-refractivity contribution is -0.141. The van der Waals surface area contributed by atoms with Gasteiger partial charge in [0.1, 0.15) is 17.4 Å². The number of halogens is 1. The van der Waals surface area contributed by atoms with Crippen molar-refractivity contribution in [3.8, 4) is 17.0 Å². The first-order valence-electron chi connectivity index (χ1n) is 12.7. The molecule has 37 heavy (non-hydrogen) atoms. The minimum Gasteiger partial charge on any atom is -0.488 e. The van der Waals surface area contributed by atoms with Crippen LogP contribution in [0.2, 0.25) is 5.02 Å². The van der Waals surface area contributed by atoms with Crippen LogP contribution in [0.1, 0.15) is 41.0 Å². The normalized spacial score (nSPS) is 18.4. The van der Waals surface area contributed by atoms with Crippen LogP contribution in [0.15, 0.2) is 47.9 Å². The summed E-state index contributed by atoms with van der Waals surface area (Å²) in [7, 11) is 0. The van der Waals surface area contributed by atoms with Crippen LogP contribution >= 0.6 is 22.9 Å². The molecule has 5 rings (SSSR count). The fourth-order valence-corrected chi connectivity index (χ4v) is 5.88. The zero-order valence-electron chi connectivity index (χ0n) is 20.9. The molecule has 6 nitrogen and oxygen atoms in total. The molecule has 1 fully saturated rings. The molecule has 3 aromatic rings. The summed E-state index contributed by atoms with van der Waals surface area (Å²) in [5, 5.41) is 12.8. The summed E-state index contributed by atoms with van der Waals surface area (Å²) in [6.07, 6.45) is 3.94. The van der Waals surface area contributed by atoms with E-state index < -0.39 is 5.97 Å². The average Bonchev–Trinajstić information content (AvgIpc) is 3.40. The summed E-state index contributed by atoms with van der Waals surface area (Å²) in [6, 6.07) is 12.2. The number of rotatable bonds is 8. The van der Waals surface area contributed by atoms with E-state index in [0.29, 0.717) is 24.5 Å². The largest absolute Gasteiger partial charge is 0.488 e. The van der Waals surface area contributed by atoms with Gasteiger partial charge in [0.2, 0.25) is 0 Å². The number of benzene rings is 2. The van der Waals surface area contributed by atoms with Crippen molar-refractivity contribution < 1.29 is 19.4 Å². The number of aromatic nitrogens is 1. The first kappa shape index (κ1) is 25.9. The van der Waals surface area contributed by atoms with Crippen molar-refractivity contribution in [1.29, 1.82) is 0 Å². The van der Waals surface area contributed by atoms with Crippen molar-refractivity contribution in [1.82, 2.24) is 9.88 Å². The number of carboxylic acids is 1. The number of aryl methyl sites for hydroxylation is 1. The predicted octanol–water partition coefficient (Wildman–Crippen LogP) is 6.45. The number of ether oxygens (including phenoxy) is 2. The smallest absolute Gasteiger partial charge is 0.306 e. The number of nitrogens with zero attached hydrogens (tertiary/aromatic N) is 2. The maximum atomic E-state index is 11.3. The molecule has 0 amide bonds. The van der Waals surface area contributed by atoms with Crippen molar-refractivity contribution in [2.45, 2.75) is 39.3 Å². The number of hydrogen-bond donors (Lipinski definition) is 1. The summed E-state index contributed by atoms with van der Waals surface area (Å²) < 4.78 is 11.8. The molecule has 1 aliphatic heterocycles. The third kappa shape index (κ3) is 6.41. The van der Waals surface area contributed by atoms with E-state index in [2.05, 4.69) is 30.0 Å². The van der Waals surface area contributed by atoms with Crippen LogP contribution in [0.3, 0.4) is 0 Å². The van der Waals surface area contributed by atoms with E-state index in [4.69, 9.17) is 26.1 Å². The number of carboxylic acid groups (broad SMARTS) is 1. The Morgan fingerprint density at radius 1 is 1.24 bits per heavy atom. The van der Waals surface area contributed by atoms with Gasteiger partial charge in [-0.25, -0.2) is 4.98 Å². The number of morpholine rings is 1. The van der Waals surface area contributed by atoms with Gasteiger partial charge in [0, 0.05) is 35.6 Å². The second-order valence-corrected chi connectivity index (χ2v) is 10.9. The fourth-order valence-electron chi connectivity index (χ4n) is 4.82. The lowest BCUT2D eigenvalue weighted by Crippen LogP contribution is -2.35.